The Morgan fingerprint density at radius 2 is 2.06 bits per heavy atom. The van der Waals surface area contributed by atoms with Crippen LogP contribution in [0.25, 0.3) is 0 Å². The van der Waals surface area contributed by atoms with Crippen LogP contribution in [0.4, 0.5) is 4.39 Å². The zero-order valence-electron chi connectivity index (χ0n) is 10.8. The minimum atomic E-state index is -0.253. The molecule has 0 heterocycles. The van der Waals surface area contributed by atoms with E-state index in [-0.39, 0.29) is 17.5 Å². The van der Waals surface area contributed by atoms with Crippen LogP contribution in [0, 0.1) is 5.82 Å². The summed E-state index contributed by atoms with van der Waals surface area (Å²) >= 11 is 0. The fourth-order valence-corrected chi connectivity index (χ4v) is 2.95. The first-order valence-corrected chi connectivity index (χ1v) is 6.46. The van der Waals surface area contributed by atoms with Crippen molar-refractivity contribution in [2.75, 3.05) is 7.11 Å². The number of halogens is 1. The van der Waals surface area contributed by atoms with Gasteiger partial charge in [-0.25, -0.2) is 4.39 Å². The van der Waals surface area contributed by atoms with Gasteiger partial charge in [-0.05, 0) is 30.9 Å². The monoisotopic (exact) mass is 252 g/mol. The Kier molecular flexibility index (Phi) is 4.32. The summed E-state index contributed by atoms with van der Waals surface area (Å²) in [5.41, 5.74) is 3.25. The first kappa shape index (κ1) is 13.5. The van der Waals surface area contributed by atoms with E-state index >= 15 is 0 Å². The van der Waals surface area contributed by atoms with Gasteiger partial charge in [0.2, 0.25) is 0 Å². The highest BCUT2D eigenvalue weighted by Crippen LogP contribution is 2.36. The Labute approximate surface area is 107 Å². The van der Waals surface area contributed by atoms with E-state index < -0.39 is 0 Å². The van der Waals surface area contributed by atoms with Gasteiger partial charge < -0.3 is 4.74 Å². The Bertz CT molecular complexity index is 391. The van der Waals surface area contributed by atoms with Crippen LogP contribution in [-0.4, -0.2) is 18.8 Å². The molecule has 0 bridgehead atoms. The number of nitrogens with one attached hydrogen (secondary N) is 1. The minimum Gasteiger partial charge on any atom is -0.377 e. The predicted octanol–water partition coefficient (Wildman–Crippen LogP) is 2.16. The molecule has 0 aromatic heterocycles. The third-order valence-corrected chi connectivity index (χ3v) is 4.07. The number of hydrogen-bond acceptors (Lipinski definition) is 3. The van der Waals surface area contributed by atoms with Gasteiger partial charge >= 0.3 is 0 Å². The zero-order chi connectivity index (χ0) is 13.0. The molecule has 0 aliphatic heterocycles. The van der Waals surface area contributed by atoms with Gasteiger partial charge in [-0.2, -0.15) is 0 Å². The molecule has 2 rings (SSSR count). The van der Waals surface area contributed by atoms with Crippen molar-refractivity contribution in [1.29, 1.82) is 0 Å². The van der Waals surface area contributed by atoms with Crippen molar-refractivity contribution in [2.45, 2.75) is 43.7 Å². The van der Waals surface area contributed by atoms with Crippen molar-refractivity contribution >= 4 is 0 Å². The number of ether oxygens (including phenoxy) is 1. The molecule has 1 atom stereocenters. The molecule has 18 heavy (non-hydrogen) atoms. The van der Waals surface area contributed by atoms with Crippen LogP contribution in [0.5, 0.6) is 0 Å². The molecule has 1 aliphatic carbocycles. The van der Waals surface area contributed by atoms with E-state index in [0.717, 1.165) is 25.7 Å². The largest absolute Gasteiger partial charge is 0.377 e. The smallest absolute Gasteiger partial charge is 0.126 e. The summed E-state index contributed by atoms with van der Waals surface area (Å²) in [6.07, 6.45) is 4.79. The van der Waals surface area contributed by atoms with Gasteiger partial charge in [0.05, 0.1) is 11.6 Å². The lowest BCUT2D eigenvalue weighted by atomic mass is 9.87. The topological polar surface area (TPSA) is 47.3 Å². The average molecular weight is 252 g/mol. The lowest BCUT2D eigenvalue weighted by molar-refractivity contribution is -0.0357. The number of hydrazine groups is 1. The summed E-state index contributed by atoms with van der Waals surface area (Å²) in [7, 11) is 1.72. The molecule has 1 aromatic carbocycles. The van der Waals surface area contributed by atoms with Gasteiger partial charge in [0, 0.05) is 7.11 Å². The minimum absolute atomic E-state index is 0.0538. The normalized spacial score (nSPS) is 19.9. The standard InChI is InChI=1S/C14H21FN2O/c1-18-14(8-4-5-9-14)13(17-16)10-11-6-2-3-7-12(11)15/h2-3,6-7,13,17H,4-5,8-10,16H2,1H3. The van der Waals surface area contributed by atoms with E-state index in [4.69, 9.17) is 10.6 Å². The lowest BCUT2D eigenvalue weighted by Crippen LogP contribution is -2.54. The van der Waals surface area contributed by atoms with E-state index in [1.807, 2.05) is 6.07 Å². The second kappa shape index (κ2) is 5.78. The van der Waals surface area contributed by atoms with Crippen LogP contribution in [-0.2, 0) is 11.2 Å². The number of hydrogen-bond donors (Lipinski definition) is 2. The van der Waals surface area contributed by atoms with Crippen LogP contribution < -0.4 is 11.3 Å². The number of nitrogens with two attached hydrogens (primary N) is 1. The Morgan fingerprint density at radius 3 is 2.61 bits per heavy atom. The molecule has 4 heteroatoms. The van der Waals surface area contributed by atoms with Crippen molar-refractivity contribution in [3.8, 4) is 0 Å². The molecule has 1 fully saturated rings. The maximum absolute atomic E-state index is 13.7. The van der Waals surface area contributed by atoms with E-state index in [1.165, 1.54) is 6.07 Å². The van der Waals surface area contributed by atoms with Crippen LogP contribution in [0.1, 0.15) is 31.2 Å². The second-order valence-corrected chi connectivity index (χ2v) is 4.99. The maximum Gasteiger partial charge on any atom is 0.126 e. The van der Waals surface area contributed by atoms with Crippen molar-refractivity contribution in [1.82, 2.24) is 5.43 Å². The van der Waals surface area contributed by atoms with Gasteiger partial charge in [-0.1, -0.05) is 31.0 Å². The summed E-state index contributed by atoms with van der Waals surface area (Å²) in [6.45, 7) is 0. The highest BCUT2D eigenvalue weighted by Gasteiger charge is 2.41. The molecule has 0 amide bonds. The number of benzene rings is 1. The molecule has 0 radical (unpaired) electrons. The van der Waals surface area contributed by atoms with Crippen molar-refractivity contribution < 1.29 is 9.13 Å². The fourth-order valence-electron chi connectivity index (χ4n) is 2.95. The highest BCUT2D eigenvalue weighted by molar-refractivity contribution is 5.19. The third kappa shape index (κ3) is 2.55. The molecule has 1 aliphatic rings. The van der Waals surface area contributed by atoms with Crippen molar-refractivity contribution in [2.24, 2.45) is 5.84 Å². The molecule has 1 unspecified atom stereocenters. The molecule has 1 aromatic rings. The first-order chi connectivity index (χ1) is 8.72. The molecule has 100 valence electrons. The fraction of sp³-hybridized carbons (Fsp3) is 0.571. The quantitative estimate of drug-likeness (QED) is 0.623. The molecule has 0 saturated heterocycles. The van der Waals surface area contributed by atoms with Gasteiger partial charge in [0.15, 0.2) is 0 Å². The summed E-state index contributed by atoms with van der Waals surface area (Å²) < 4.78 is 19.4. The SMILES string of the molecule is COC1(C(Cc2ccccc2F)NN)CCCC1. The molecule has 3 nitrogen and oxygen atoms in total. The molecular weight excluding hydrogens is 231 g/mol. The number of methoxy groups -OCH3 is 1. The summed E-state index contributed by atoms with van der Waals surface area (Å²) in [5.74, 6) is 5.48. The van der Waals surface area contributed by atoms with Crippen LogP contribution in [0.15, 0.2) is 24.3 Å². The Hall–Kier alpha value is -0.970. The Balaban J connectivity index is 2.16. The van der Waals surface area contributed by atoms with Gasteiger partial charge in [-0.15, -0.1) is 0 Å². The van der Waals surface area contributed by atoms with Crippen LogP contribution >= 0.6 is 0 Å². The Morgan fingerprint density at radius 1 is 1.39 bits per heavy atom. The van der Waals surface area contributed by atoms with Gasteiger partial charge in [0.25, 0.3) is 0 Å². The van der Waals surface area contributed by atoms with Crippen LogP contribution in [0.2, 0.25) is 0 Å². The predicted molar refractivity (Wildman–Crippen MR) is 69.4 cm³/mol. The highest BCUT2D eigenvalue weighted by atomic mass is 19.1. The zero-order valence-corrected chi connectivity index (χ0v) is 10.8. The van der Waals surface area contributed by atoms with E-state index in [1.54, 1.807) is 19.2 Å². The van der Waals surface area contributed by atoms with Crippen molar-refractivity contribution in [3.63, 3.8) is 0 Å². The third-order valence-electron chi connectivity index (χ3n) is 4.07. The van der Waals surface area contributed by atoms with Gasteiger partial charge in [-0.3, -0.25) is 11.3 Å². The van der Waals surface area contributed by atoms with E-state index in [0.29, 0.717) is 12.0 Å². The maximum atomic E-state index is 13.7. The van der Waals surface area contributed by atoms with E-state index in [9.17, 15) is 4.39 Å². The lowest BCUT2D eigenvalue weighted by Gasteiger charge is -2.36. The summed E-state index contributed by atoms with van der Waals surface area (Å²) in [6, 6.07) is 6.78. The molecule has 1 saturated carbocycles. The average Bonchev–Trinajstić information content (AvgIpc) is 2.88. The second-order valence-electron chi connectivity index (χ2n) is 4.99. The summed E-state index contributed by atoms with van der Waals surface area (Å²) in [4.78, 5) is 0. The number of rotatable bonds is 5. The van der Waals surface area contributed by atoms with Crippen molar-refractivity contribution in [3.05, 3.63) is 35.6 Å². The van der Waals surface area contributed by atoms with Crippen LogP contribution in [0.3, 0.4) is 0 Å². The summed E-state index contributed by atoms with van der Waals surface area (Å²) in [5, 5.41) is 0. The molecule has 0 spiro atoms. The van der Waals surface area contributed by atoms with E-state index in [2.05, 4.69) is 5.43 Å². The van der Waals surface area contributed by atoms with Gasteiger partial charge in [0.1, 0.15) is 5.82 Å². The molecular formula is C14H21FN2O. The first-order valence-electron chi connectivity index (χ1n) is 6.46. The molecule has 3 N–H and O–H groups in total.